The van der Waals surface area contributed by atoms with Crippen molar-refractivity contribution >= 4 is 16.9 Å². The molecule has 0 aliphatic carbocycles. The highest BCUT2D eigenvalue weighted by Gasteiger charge is 2.12. The Bertz CT molecular complexity index is 548. The van der Waals surface area contributed by atoms with Gasteiger partial charge in [-0.2, -0.15) is 5.10 Å². The van der Waals surface area contributed by atoms with Crippen LogP contribution in [0.25, 0.3) is 10.9 Å². The monoisotopic (exact) mass is 233 g/mol. The molecule has 1 heterocycles. The first-order valence-corrected chi connectivity index (χ1v) is 5.46. The molecule has 1 atom stereocenters. The van der Waals surface area contributed by atoms with Crippen molar-refractivity contribution in [2.75, 3.05) is 0 Å². The van der Waals surface area contributed by atoms with Crippen molar-refractivity contribution in [3.8, 4) is 0 Å². The quantitative estimate of drug-likeness (QED) is 0.831. The molecule has 0 aliphatic rings. The minimum atomic E-state index is -0.856. The molecule has 0 saturated heterocycles. The van der Waals surface area contributed by atoms with Gasteiger partial charge in [-0.1, -0.05) is 18.2 Å². The Balaban J connectivity index is 2.22. The van der Waals surface area contributed by atoms with Gasteiger partial charge in [0.2, 0.25) is 0 Å². The Morgan fingerprint density at radius 1 is 1.53 bits per heavy atom. The zero-order valence-electron chi connectivity index (χ0n) is 9.84. The van der Waals surface area contributed by atoms with E-state index < -0.39 is 12.0 Å². The van der Waals surface area contributed by atoms with E-state index in [1.165, 1.54) is 0 Å². The summed E-state index contributed by atoms with van der Waals surface area (Å²) < 4.78 is 1.80. The van der Waals surface area contributed by atoms with Gasteiger partial charge < -0.3 is 5.11 Å². The molecule has 2 aromatic rings. The van der Waals surface area contributed by atoms with Gasteiger partial charge in [-0.25, -0.2) is 0 Å². The molecule has 5 heteroatoms. The third kappa shape index (κ3) is 2.29. The Kier molecular flexibility index (Phi) is 3.10. The Morgan fingerprint density at radius 2 is 2.24 bits per heavy atom. The molecule has 0 amide bonds. The van der Waals surface area contributed by atoms with Crippen LogP contribution in [-0.4, -0.2) is 26.9 Å². The molecular weight excluding hydrogens is 218 g/mol. The van der Waals surface area contributed by atoms with Gasteiger partial charge in [0.25, 0.3) is 0 Å². The minimum Gasteiger partial charge on any atom is -0.480 e. The average molecular weight is 233 g/mol. The molecule has 0 aliphatic heterocycles. The predicted octanol–water partition coefficient (Wildman–Crippen LogP) is 1.14. The highest BCUT2D eigenvalue weighted by atomic mass is 16.4. The highest BCUT2D eigenvalue weighted by Crippen LogP contribution is 2.17. The summed E-state index contributed by atoms with van der Waals surface area (Å²) >= 11 is 0. The summed E-state index contributed by atoms with van der Waals surface area (Å²) in [6.45, 7) is 2.07. The highest BCUT2D eigenvalue weighted by molar-refractivity contribution is 5.81. The number of nitrogens with zero attached hydrogens (tertiary/aromatic N) is 2. The maximum atomic E-state index is 10.7. The molecule has 0 saturated carbocycles. The van der Waals surface area contributed by atoms with Crippen molar-refractivity contribution < 1.29 is 9.90 Å². The summed E-state index contributed by atoms with van der Waals surface area (Å²) in [4.78, 5) is 10.7. The van der Waals surface area contributed by atoms with E-state index in [0.29, 0.717) is 6.54 Å². The fraction of sp³-hybridized carbons (Fsp3) is 0.333. The van der Waals surface area contributed by atoms with Gasteiger partial charge in [0.1, 0.15) is 6.04 Å². The van der Waals surface area contributed by atoms with Crippen molar-refractivity contribution in [2.45, 2.75) is 19.5 Å². The standard InChI is InChI=1S/C12H15N3O2/c1-8(12(16)17)13-7-10-9-5-3-4-6-11(9)15(2)14-10/h3-6,8,13H,7H2,1-2H3,(H,16,17)/t8-/m0/s1. The first-order chi connectivity index (χ1) is 8.09. The minimum absolute atomic E-state index is 0.453. The lowest BCUT2D eigenvalue weighted by atomic mass is 10.2. The molecule has 2 N–H and O–H groups in total. The number of aliphatic carboxylic acids is 1. The van der Waals surface area contributed by atoms with Gasteiger partial charge in [-0.05, 0) is 13.0 Å². The van der Waals surface area contributed by atoms with Crippen molar-refractivity contribution in [1.29, 1.82) is 0 Å². The third-order valence-corrected chi connectivity index (χ3v) is 2.78. The summed E-state index contributed by atoms with van der Waals surface area (Å²) in [6, 6.07) is 7.32. The second-order valence-corrected chi connectivity index (χ2v) is 4.03. The fourth-order valence-corrected chi connectivity index (χ4v) is 1.76. The molecule has 1 aromatic heterocycles. The van der Waals surface area contributed by atoms with Crippen LogP contribution in [0.1, 0.15) is 12.6 Å². The van der Waals surface area contributed by atoms with Crippen molar-refractivity contribution in [3.63, 3.8) is 0 Å². The maximum Gasteiger partial charge on any atom is 0.320 e. The van der Waals surface area contributed by atoms with Gasteiger partial charge in [-0.15, -0.1) is 0 Å². The molecule has 5 nitrogen and oxygen atoms in total. The first kappa shape index (κ1) is 11.6. The van der Waals surface area contributed by atoms with E-state index in [1.807, 2.05) is 31.3 Å². The zero-order valence-corrected chi connectivity index (χ0v) is 9.84. The number of aryl methyl sites for hydroxylation is 1. The van der Waals surface area contributed by atoms with E-state index >= 15 is 0 Å². The average Bonchev–Trinajstić information content (AvgIpc) is 2.64. The number of hydrogen-bond donors (Lipinski definition) is 2. The lowest BCUT2D eigenvalue weighted by molar-refractivity contribution is -0.139. The molecule has 90 valence electrons. The summed E-state index contributed by atoms with van der Waals surface area (Å²) in [5.41, 5.74) is 1.92. The summed E-state index contributed by atoms with van der Waals surface area (Å²) in [7, 11) is 1.88. The van der Waals surface area contributed by atoms with Crippen LogP contribution >= 0.6 is 0 Å². The number of carbonyl (C=O) groups is 1. The molecule has 17 heavy (non-hydrogen) atoms. The zero-order chi connectivity index (χ0) is 12.4. The van der Waals surface area contributed by atoms with Crippen LogP contribution in [0.15, 0.2) is 24.3 Å². The van der Waals surface area contributed by atoms with E-state index in [9.17, 15) is 4.79 Å². The van der Waals surface area contributed by atoms with E-state index in [2.05, 4.69) is 10.4 Å². The van der Waals surface area contributed by atoms with E-state index in [-0.39, 0.29) is 0 Å². The number of nitrogens with one attached hydrogen (secondary N) is 1. The Morgan fingerprint density at radius 3 is 2.94 bits per heavy atom. The van der Waals surface area contributed by atoms with Crippen molar-refractivity contribution in [2.24, 2.45) is 7.05 Å². The molecule has 0 fully saturated rings. The molecule has 1 aromatic carbocycles. The second kappa shape index (κ2) is 4.55. The SMILES string of the molecule is C[C@H](NCc1nn(C)c2ccccc12)C(=O)O. The first-order valence-electron chi connectivity index (χ1n) is 5.46. The Labute approximate surface area is 99.1 Å². The molecule has 0 radical (unpaired) electrons. The number of benzene rings is 1. The van der Waals surface area contributed by atoms with Crippen LogP contribution in [0.2, 0.25) is 0 Å². The van der Waals surface area contributed by atoms with E-state index in [1.54, 1.807) is 11.6 Å². The molecule has 0 unspecified atom stereocenters. The fourth-order valence-electron chi connectivity index (χ4n) is 1.76. The normalized spacial score (nSPS) is 12.8. The topological polar surface area (TPSA) is 67.2 Å². The number of carboxylic acids is 1. The molecule has 0 spiro atoms. The molecular formula is C12H15N3O2. The lowest BCUT2D eigenvalue weighted by Crippen LogP contribution is -2.33. The van der Waals surface area contributed by atoms with Gasteiger partial charge >= 0.3 is 5.97 Å². The maximum absolute atomic E-state index is 10.7. The van der Waals surface area contributed by atoms with Gasteiger partial charge in [0, 0.05) is 19.0 Å². The third-order valence-electron chi connectivity index (χ3n) is 2.78. The molecule has 0 bridgehead atoms. The largest absolute Gasteiger partial charge is 0.480 e. The number of hydrogen-bond acceptors (Lipinski definition) is 3. The van der Waals surface area contributed by atoms with Crippen LogP contribution < -0.4 is 5.32 Å². The number of carboxylic acid groups (broad SMARTS) is 1. The number of aromatic nitrogens is 2. The summed E-state index contributed by atoms with van der Waals surface area (Å²) in [5, 5.41) is 17.2. The van der Waals surface area contributed by atoms with Gasteiger partial charge in [-0.3, -0.25) is 14.8 Å². The van der Waals surface area contributed by atoms with E-state index in [4.69, 9.17) is 5.11 Å². The van der Waals surface area contributed by atoms with Gasteiger partial charge in [0.05, 0.1) is 11.2 Å². The summed E-state index contributed by atoms with van der Waals surface area (Å²) in [6.07, 6.45) is 0. The van der Waals surface area contributed by atoms with Crippen LogP contribution in [0, 0.1) is 0 Å². The van der Waals surface area contributed by atoms with Crippen LogP contribution in [0.5, 0.6) is 0 Å². The number of rotatable bonds is 4. The number of para-hydroxylation sites is 1. The van der Waals surface area contributed by atoms with Crippen molar-refractivity contribution in [3.05, 3.63) is 30.0 Å². The van der Waals surface area contributed by atoms with Crippen LogP contribution in [0.4, 0.5) is 0 Å². The predicted molar refractivity (Wildman–Crippen MR) is 64.7 cm³/mol. The number of fused-ring (bicyclic) bond motifs is 1. The summed E-state index contributed by atoms with van der Waals surface area (Å²) in [5.74, 6) is -0.856. The lowest BCUT2D eigenvalue weighted by Gasteiger charge is -2.06. The van der Waals surface area contributed by atoms with Gasteiger partial charge in [0.15, 0.2) is 0 Å². The Hall–Kier alpha value is -1.88. The van der Waals surface area contributed by atoms with Crippen LogP contribution in [-0.2, 0) is 18.4 Å². The molecule has 2 rings (SSSR count). The van der Waals surface area contributed by atoms with Crippen LogP contribution in [0.3, 0.4) is 0 Å². The van der Waals surface area contributed by atoms with Crippen molar-refractivity contribution in [1.82, 2.24) is 15.1 Å². The second-order valence-electron chi connectivity index (χ2n) is 4.03. The van der Waals surface area contributed by atoms with E-state index in [0.717, 1.165) is 16.6 Å². The smallest absolute Gasteiger partial charge is 0.320 e.